The molecule has 25 heavy (non-hydrogen) atoms. The number of nitrogens with one attached hydrogen (secondary N) is 1. The van der Waals surface area contributed by atoms with Gasteiger partial charge in [-0.1, -0.05) is 18.2 Å². The van der Waals surface area contributed by atoms with E-state index in [0.29, 0.717) is 0 Å². The van der Waals surface area contributed by atoms with Gasteiger partial charge < -0.3 is 20.9 Å². The van der Waals surface area contributed by atoms with Crippen LogP contribution in [-0.2, 0) is 20.9 Å². The maximum absolute atomic E-state index is 12.2. The third-order valence-electron chi connectivity index (χ3n) is 3.71. The molecule has 1 aliphatic carbocycles. The van der Waals surface area contributed by atoms with Gasteiger partial charge in [-0.25, -0.2) is 4.99 Å². The molecule has 2 heterocycles. The number of aromatic nitrogens is 2. The van der Waals surface area contributed by atoms with Gasteiger partial charge in [-0.15, -0.1) is 11.6 Å². The molecule has 0 aromatic carbocycles. The Labute approximate surface area is 147 Å². The molecule has 3 unspecified atom stereocenters. The van der Waals surface area contributed by atoms with Crippen LogP contribution >= 0.6 is 11.6 Å². The van der Waals surface area contributed by atoms with Crippen molar-refractivity contribution in [2.45, 2.75) is 24.0 Å². The van der Waals surface area contributed by atoms with Crippen LogP contribution in [0.2, 0.25) is 0 Å². The lowest BCUT2D eigenvalue weighted by Gasteiger charge is -2.23. The van der Waals surface area contributed by atoms with Crippen molar-refractivity contribution in [1.29, 1.82) is 0 Å². The van der Waals surface area contributed by atoms with Crippen LogP contribution in [-0.4, -0.2) is 56.9 Å². The van der Waals surface area contributed by atoms with E-state index < -0.39 is 23.4 Å². The predicted octanol–water partition coefficient (Wildman–Crippen LogP) is -0.273. The molecule has 4 N–H and O–H groups in total. The number of carboxylic acids is 1. The summed E-state index contributed by atoms with van der Waals surface area (Å²) in [4.78, 5) is 26.9. The molecule has 0 spiro atoms. The Bertz CT molecular complexity index is 785. The van der Waals surface area contributed by atoms with Crippen molar-refractivity contribution in [2.75, 3.05) is 6.61 Å². The second kappa shape index (κ2) is 6.98. The minimum Gasteiger partial charge on any atom is -0.480 e. The Morgan fingerprint density at radius 1 is 1.52 bits per heavy atom. The zero-order chi connectivity index (χ0) is 18.0. The van der Waals surface area contributed by atoms with Crippen LogP contribution < -0.4 is 11.1 Å². The van der Waals surface area contributed by atoms with Gasteiger partial charge in [0.2, 0.25) is 5.91 Å². The number of carbonyl (C=O) groups is 2. The second-order valence-corrected chi connectivity index (χ2v) is 6.08. The van der Waals surface area contributed by atoms with Gasteiger partial charge in [0.1, 0.15) is 13.2 Å². The summed E-state index contributed by atoms with van der Waals surface area (Å²) in [6.45, 7) is -0.123. The number of allylic oxidation sites excluding steroid dienone is 2. The lowest BCUT2D eigenvalue weighted by molar-refractivity contribution is -0.137. The van der Waals surface area contributed by atoms with E-state index in [1.165, 1.54) is 4.68 Å². The second-order valence-electron chi connectivity index (χ2n) is 5.57. The number of carbonyl (C=O) groups excluding carboxylic acids is 1. The Morgan fingerprint density at radius 3 is 3.00 bits per heavy atom. The highest BCUT2D eigenvalue weighted by atomic mass is 35.5. The summed E-state index contributed by atoms with van der Waals surface area (Å²) in [5, 5.41) is 15.2. The topological polar surface area (TPSA) is 132 Å². The summed E-state index contributed by atoms with van der Waals surface area (Å²) in [5.74, 6) is -1.31. The van der Waals surface area contributed by atoms with Gasteiger partial charge in [-0.2, -0.15) is 5.10 Å². The number of alkyl halides is 1. The highest BCUT2D eigenvalue weighted by Gasteiger charge is 2.29. The SMILES string of the molecule is NC1=NC(C(=O)NC2C=C(c3cnn(CC(=O)O)c3)C=CC2Cl)CO1. The number of hydrogen-bond donors (Lipinski definition) is 3. The molecule has 1 amide bonds. The van der Waals surface area contributed by atoms with Crippen molar-refractivity contribution >= 4 is 35.1 Å². The number of nitrogens with zero attached hydrogens (tertiary/aromatic N) is 3. The summed E-state index contributed by atoms with van der Waals surface area (Å²) in [6, 6.07) is -1.15. The Hall–Kier alpha value is -2.81. The number of amides is 1. The number of aliphatic carboxylic acids is 1. The zero-order valence-electron chi connectivity index (χ0n) is 13.0. The molecule has 132 valence electrons. The maximum Gasteiger partial charge on any atom is 0.325 e. The first-order valence-electron chi connectivity index (χ1n) is 7.47. The van der Waals surface area contributed by atoms with Crippen LogP contribution in [0.3, 0.4) is 0 Å². The summed E-state index contributed by atoms with van der Waals surface area (Å²) in [6.07, 6.45) is 8.52. The fourth-order valence-corrected chi connectivity index (χ4v) is 2.70. The van der Waals surface area contributed by atoms with Gasteiger partial charge in [0.05, 0.1) is 17.6 Å². The van der Waals surface area contributed by atoms with Gasteiger partial charge in [0.15, 0.2) is 6.04 Å². The van der Waals surface area contributed by atoms with Crippen molar-refractivity contribution in [1.82, 2.24) is 15.1 Å². The van der Waals surface area contributed by atoms with E-state index >= 15 is 0 Å². The van der Waals surface area contributed by atoms with Crippen LogP contribution in [0.5, 0.6) is 0 Å². The van der Waals surface area contributed by atoms with Gasteiger partial charge in [0.25, 0.3) is 6.02 Å². The fourth-order valence-electron chi connectivity index (χ4n) is 2.49. The maximum atomic E-state index is 12.2. The van der Waals surface area contributed by atoms with Gasteiger partial charge in [0, 0.05) is 11.8 Å². The quantitative estimate of drug-likeness (QED) is 0.615. The third-order valence-corrected chi connectivity index (χ3v) is 4.13. The van der Waals surface area contributed by atoms with Crippen LogP contribution in [0, 0.1) is 0 Å². The summed E-state index contributed by atoms with van der Waals surface area (Å²) in [5.41, 5.74) is 6.92. The van der Waals surface area contributed by atoms with Crippen molar-refractivity contribution in [3.63, 3.8) is 0 Å². The molecule has 0 radical (unpaired) electrons. The highest BCUT2D eigenvalue weighted by Crippen LogP contribution is 2.24. The van der Waals surface area contributed by atoms with E-state index in [1.54, 1.807) is 30.6 Å². The highest BCUT2D eigenvalue weighted by molar-refractivity contribution is 6.23. The van der Waals surface area contributed by atoms with E-state index in [9.17, 15) is 9.59 Å². The Balaban J connectivity index is 1.72. The number of rotatable bonds is 5. The first-order chi connectivity index (χ1) is 11.9. The van der Waals surface area contributed by atoms with Gasteiger partial charge in [-0.3, -0.25) is 14.3 Å². The molecule has 1 aromatic rings. The molecule has 10 heteroatoms. The van der Waals surface area contributed by atoms with Crippen molar-refractivity contribution in [3.05, 3.63) is 36.2 Å². The minimum atomic E-state index is -0.979. The van der Waals surface area contributed by atoms with Gasteiger partial charge in [-0.05, 0) is 5.57 Å². The number of carboxylic acid groups (broad SMARTS) is 1. The number of nitrogens with two attached hydrogens (primary N) is 1. The van der Waals surface area contributed by atoms with E-state index in [2.05, 4.69) is 15.4 Å². The number of halogens is 1. The molecule has 2 aliphatic rings. The van der Waals surface area contributed by atoms with Crippen molar-refractivity contribution < 1.29 is 19.4 Å². The Morgan fingerprint density at radius 2 is 2.32 bits per heavy atom. The number of aliphatic imine (C=N–C) groups is 1. The molecule has 9 nitrogen and oxygen atoms in total. The monoisotopic (exact) mass is 365 g/mol. The average molecular weight is 366 g/mol. The van der Waals surface area contributed by atoms with Crippen LogP contribution in [0.25, 0.3) is 5.57 Å². The molecule has 0 saturated heterocycles. The molecule has 3 rings (SSSR count). The van der Waals surface area contributed by atoms with E-state index in [4.69, 9.17) is 27.2 Å². The van der Waals surface area contributed by atoms with E-state index in [-0.39, 0.29) is 25.1 Å². The first kappa shape index (κ1) is 17.0. The molecular weight excluding hydrogens is 350 g/mol. The van der Waals surface area contributed by atoms with Crippen LogP contribution in [0.4, 0.5) is 0 Å². The lowest BCUT2D eigenvalue weighted by atomic mass is 9.98. The normalized spacial score (nSPS) is 25.1. The van der Waals surface area contributed by atoms with Crippen molar-refractivity contribution in [2.24, 2.45) is 10.7 Å². The van der Waals surface area contributed by atoms with E-state index in [0.717, 1.165) is 11.1 Å². The smallest absolute Gasteiger partial charge is 0.325 e. The molecule has 0 fully saturated rings. The summed E-state index contributed by atoms with van der Waals surface area (Å²) >= 11 is 6.25. The standard InChI is InChI=1S/C15H16ClN5O4/c16-10-2-1-8(9-4-18-21(5-9)6-13(22)23)3-11(10)19-14(24)12-7-25-15(17)20-12/h1-5,10-12H,6-7H2,(H2,17,20)(H,19,24)(H,22,23). The van der Waals surface area contributed by atoms with Crippen LogP contribution in [0.15, 0.2) is 35.6 Å². The molecule has 3 atom stereocenters. The molecule has 1 aromatic heterocycles. The fraction of sp³-hybridized carbons (Fsp3) is 0.333. The summed E-state index contributed by atoms with van der Waals surface area (Å²) in [7, 11) is 0. The number of ether oxygens (including phenoxy) is 1. The largest absolute Gasteiger partial charge is 0.480 e. The first-order valence-corrected chi connectivity index (χ1v) is 7.91. The van der Waals surface area contributed by atoms with Crippen LogP contribution in [0.1, 0.15) is 5.56 Å². The Kier molecular flexibility index (Phi) is 4.75. The molecule has 1 aliphatic heterocycles. The molecule has 0 bridgehead atoms. The third kappa shape index (κ3) is 4.00. The number of amidine groups is 1. The minimum absolute atomic E-state index is 0.00631. The average Bonchev–Trinajstić information content (AvgIpc) is 3.18. The predicted molar refractivity (Wildman–Crippen MR) is 89.9 cm³/mol. The lowest BCUT2D eigenvalue weighted by Crippen LogP contribution is -2.45. The van der Waals surface area contributed by atoms with Crippen molar-refractivity contribution in [3.8, 4) is 0 Å². The summed E-state index contributed by atoms with van der Waals surface area (Å²) < 4.78 is 6.29. The number of hydrogen-bond acceptors (Lipinski definition) is 6. The zero-order valence-corrected chi connectivity index (χ0v) is 13.8. The molecule has 0 saturated carbocycles. The molecular formula is C15H16ClN5O4. The van der Waals surface area contributed by atoms with E-state index in [1.807, 2.05) is 0 Å². The van der Waals surface area contributed by atoms with Gasteiger partial charge >= 0.3 is 5.97 Å².